The van der Waals surface area contributed by atoms with Crippen LogP contribution in [0.3, 0.4) is 0 Å². The van der Waals surface area contributed by atoms with Crippen molar-refractivity contribution in [3.8, 4) is 22.4 Å². The van der Waals surface area contributed by atoms with E-state index in [0.29, 0.717) is 11.3 Å². The molecule has 0 aliphatic heterocycles. The van der Waals surface area contributed by atoms with Crippen molar-refractivity contribution in [2.45, 2.75) is 0 Å². The third kappa shape index (κ3) is 3.75. The molecule has 6 heteroatoms. The van der Waals surface area contributed by atoms with Crippen molar-refractivity contribution < 1.29 is 19.1 Å². The van der Waals surface area contributed by atoms with E-state index in [1.807, 2.05) is 54.6 Å². The fourth-order valence-electron chi connectivity index (χ4n) is 2.75. The monoisotopic (exact) mass is 425 g/mol. The molecule has 0 amide bonds. The van der Waals surface area contributed by atoms with Gasteiger partial charge >= 0.3 is 11.9 Å². The minimum Gasteiger partial charge on any atom is -0.465 e. The van der Waals surface area contributed by atoms with E-state index in [2.05, 4.69) is 20.9 Å². The summed E-state index contributed by atoms with van der Waals surface area (Å²) < 4.78 is 10.6. The van der Waals surface area contributed by atoms with Crippen LogP contribution in [0.15, 0.2) is 65.1 Å². The fourth-order valence-corrected chi connectivity index (χ4v) is 3.24. The highest BCUT2D eigenvalue weighted by Crippen LogP contribution is 2.34. The molecular weight excluding hydrogens is 410 g/mol. The number of hydrogen-bond acceptors (Lipinski definition) is 5. The molecule has 0 saturated heterocycles. The number of rotatable bonds is 4. The summed E-state index contributed by atoms with van der Waals surface area (Å²) in [6, 6.07) is 18.6. The van der Waals surface area contributed by atoms with Crippen molar-refractivity contribution in [3.63, 3.8) is 0 Å². The zero-order chi connectivity index (χ0) is 19.4. The van der Waals surface area contributed by atoms with E-state index in [1.54, 1.807) is 6.07 Å². The third-order valence-electron chi connectivity index (χ3n) is 4.02. The van der Waals surface area contributed by atoms with Crippen LogP contribution in [-0.2, 0) is 9.47 Å². The Kier molecular flexibility index (Phi) is 5.66. The highest BCUT2D eigenvalue weighted by atomic mass is 79.9. The van der Waals surface area contributed by atoms with Gasteiger partial charge in [-0.15, -0.1) is 0 Å². The second-order valence-electron chi connectivity index (χ2n) is 5.61. The van der Waals surface area contributed by atoms with E-state index in [-0.39, 0.29) is 11.3 Å². The summed E-state index contributed by atoms with van der Waals surface area (Å²) in [5.41, 5.74) is 2.62. The SMILES string of the molecule is COC(=O)c1nc(-c2ccccc2Br)cc(-c2ccccc2)c1C(=O)OC. The Hall–Kier alpha value is -2.99. The lowest BCUT2D eigenvalue weighted by Gasteiger charge is -2.15. The number of halogens is 1. The number of methoxy groups -OCH3 is 2. The first-order valence-electron chi connectivity index (χ1n) is 8.08. The Morgan fingerprint density at radius 1 is 0.852 bits per heavy atom. The van der Waals surface area contributed by atoms with Gasteiger partial charge in [-0.25, -0.2) is 14.6 Å². The third-order valence-corrected chi connectivity index (χ3v) is 4.71. The summed E-state index contributed by atoms with van der Waals surface area (Å²) in [6.45, 7) is 0. The number of hydrogen-bond donors (Lipinski definition) is 0. The van der Waals surface area contributed by atoms with Gasteiger partial charge in [-0.2, -0.15) is 0 Å². The molecule has 0 aliphatic carbocycles. The van der Waals surface area contributed by atoms with Crippen LogP contribution in [0.5, 0.6) is 0 Å². The van der Waals surface area contributed by atoms with E-state index in [1.165, 1.54) is 14.2 Å². The van der Waals surface area contributed by atoms with Crippen LogP contribution in [0.2, 0.25) is 0 Å². The number of carbonyl (C=O) groups excluding carboxylic acids is 2. The average Bonchev–Trinajstić information content (AvgIpc) is 2.72. The Morgan fingerprint density at radius 3 is 2.11 bits per heavy atom. The molecule has 3 aromatic rings. The predicted molar refractivity (Wildman–Crippen MR) is 105 cm³/mol. The van der Waals surface area contributed by atoms with E-state index in [9.17, 15) is 9.59 Å². The first-order valence-corrected chi connectivity index (χ1v) is 8.88. The van der Waals surface area contributed by atoms with Gasteiger partial charge < -0.3 is 9.47 Å². The van der Waals surface area contributed by atoms with Crippen molar-refractivity contribution in [1.29, 1.82) is 0 Å². The number of aromatic nitrogens is 1. The van der Waals surface area contributed by atoms with E-state index in [0.717, 1.165) is 15.6 Å². The number of nitrogens with zero attached hydrogens (tertiary/aromatic N) is 1. The maximum Gasteiger partial charge on any atom is 0.357 e. The minimum atomic E-state index is -0.707. The molecule has 1 aromatic heterocycles. The molecule has 27 heavy (non-hydrogen) atoms. The lowest BCUT2D eigenvalue weighted by molar-refractivity contribution is 0.0550. The summed E-state index contributed by atoms with van der Waals surface area (Å²) in [5, 5.41) is 0. The Labute approximate surface area is 165 Å². The standard InChI is InChI=1S/C21H16BrNO4/c1-26-20(24)18-15(13-8-4-3-5-9-13)12-17(23-19(18)21(25)27-2)14-10-6-7-11-16(14)22/h3-12H,1-2H3. The largest absolute Gasteiger partial charge is 0.465 e. The molecule has 2 aromatic carbocycles. The molecule has 0 N–H and O–H groups in total. The molecule has 0 fully saturated rings. The Bertz CT molecular complexity index is 1000. The van der Waals surface area contributed by atoms with Crippen LogP contribution in [0.1, 0.15) is 20.8 Å². The first kappa shape index (κ1) is 18.8. The number of benzene rings is 2. The second-order valence-corrected chi connectivity index (χ2v) is 6.46. The van der Waals surface area contributed by atoms with Gasteiger partial charge in [-0.3, -0.25) is 0 Å². The molecule has 0 bridgehead atoms. The molecule has 0 spiro atoms. The normalized spacial score (nSPS) is 10.3. The van der Waals surface area contributed by atoms with Crippen molar-refractivity contribution >= 4 is 27.9 Å². The van der Waals surface area contributed by atoms with E-state index < -0.39 is 11.9 Å². The topological polar surface area (TPSA) is 65.5 Å². The number of pyridine rings is 1. The summed E-state index contributed by atoms with van der Waals surface area (Å²) >= 11 is 3.51. The molecule has 136 valence electrons. The second kappa shape index (κ2) is 8.14. The first-order chi connectivity index (χ1) is 13.1. The van der Waals surface area contributed by atoms with Crippen LogP contribution < -0.4 is 0 Å². The average molecular weight is 426 g/mol. The zero-order valence-electron chi connectivity index (χ0n) is 14.7. The van der Waals surface area contributed by atoms with Crippen LogP contribution in [0, 0.1) is 0 Å². The van der Waals surface area contributed by atoms with Gasteiger partial charge in [0.05, 0.1) is 19.9 Å². The molecule has 0 atom stereocenters. The number of carbonyl (C=O) groups is 2. The van der Waals surface area contributed by atoms with Gasteiger partial charge in [0.2, 0.25) is 0 Å². The van der Waals surface area contributed by atoms with Gasteiger partial charge in [0, 0.05) is 15.6 Å². The van der Waals surface area contributed by atoms with Crippen molar-refractivity contribution in [1.82, 2.24) is 4.98 Å². The van der Waals surface area contributed by atoms with Gasteiger partial charge in [-0.1, -0.05) is 64.5 Å². The molecule has 0 saturated carbocycles. The molecule has 5 nitrogen and oxygen atoms in total. The smallest absolute Gasteiger partial charge is 0.357 e. The summed E-state index contributed by atoms with van der Waals surface area (Å²) in [7, 11) is 2.51. The van der Waals surface area contributed by atoms with E-state index >= 15 is 0 Å². The van der Waals surface area contributed by atoms with Crippen molar-refractivity contribution in [2.24, 2.45) is 0 Å². The van der Waals surface area contributed by atoms with E-state index in [4.69, 9.17) is 9.47 Å². The maximum atomic E-state index is 12.5. The van der Waals surface area contributed by atoms with Gasteiger partial charge in [0.25, 0.3) is 0 Å². The molecule has 1 heterocycles. The number of ether oxygens (including phenoxy) is 2. The fraction of sp³-hybridized carbons (Fsp3) is 0.0952. The maximum absolute atomic E-state index is 12.5. The van der Waals surface area contributed by atoms with Crippen LogP contribution in [-0.4, -0.2) is 31.1 Å². The predicted octanol–water partition coefficient (Wildman–Crippen LogP) is 4.75. The van der Waals surface area contributed by atoms with Crippen LogP contribution >= 0.6 is 15.9 Å². The van der Waals surface area contributed by atoms with Crippen molar-refractivity contribution in [3.05, 3.63) is 76.4 Å². The number of esters is 2. The molecule has 0 unspecified atom stereocenters. The minimum absolute atomic E-state index is 0.0753. The Morgan fingerprint density at radius 2 is 1.48 bits per heavy atom. The van der Waals surface area contributed by atoms with Gasteiger partial charge in [0.1, 0.15) is 5.56 Å². The highest BCUT2D eigenvalue weighted by molar-refractivity contribution is 9.10. The van der Waals surface area contributed by atoms with Gasteiger partial charge in [0.15, 0.2) is 5.69 Å². The molecule has 0 radical (unpaired) electrons. The van der Waals surface area contributed by atoms with Crippen LogP contribution in [0.25, 0.3) is 22.4 Å². The zero-order valence-corrected chi connectivity index (χ0v) is 16.3. The molecule has 0 aliphatic rings. The van der Waals surface area contributed by atoms with Crippen molar-refractivity contribution in [2.75, 3.05) is 14.2 Å². The summed E-state index contributed by atoms with van der Waals surface area (Å²) in [4.78, 5) is 29.3. The highest BCUT2D eigenvalue weighted by Gasteiger charge is 2.26. The lowest BCUT2D eigenvalue weighted by Crippen LogP contribution is -2.16. The Balaban J connectivity index is 2.38. The molecule has 3 rings (SSSR count). The van der Waals surface area contributed by atoms with Gasteiger partial charge in [-0.05, 0) is 17.7 Å². The lowest BCUT2D eigenvalue weighted by atomic mass is 9.96. The summed E-state index contributed by atoms with van der Waals surface area (Å²) in [5.74, 6) is -1.36. The summed E-state index contributed by atoms with van der Waals surface area (Å²) in [6.07, 6.45) is 0. The quantitative estimate of drug-likeness (QED) is 0.564. The molecular formula is C21H16BrNO4. The van der Waals surface area contributed by atoms with Crippen LogP contribution in [0.4, 0.5) is 0 Å².